The first kappa shape index (κ1) is 16.1. The summed E-state index contributed by atoms with van der Waals surface area (Å²) in [6.45, 7) is 7.42. The lowest BCUT2D eigenvalue weighted by Gasteiger charge is -2.36. The fourth-order valence-corrected chi connectivity index (χ4v) is 2.49. The van der Waals surface area contributed by atoms with Crippen molar-refractivity contribution in [1.82, 2.24) is 4.90 Å². The number of hydrogen-bond donors (Lipinski definition) is 0. The predicted octanol–water partition coefficient (Wildman–Crippen LogP) is 4.21. The molecule has 0 unspecified atom stereocenters. The Balaban J connectivity index is 1.85. The molecule has 1 fully saturated rings. The van der Waals surface area contributed by atoms with E-state index < -0.39 is 11.7 Å². The molecule has 1 aromatic rings. The monoisotopic (exact) mass is 301 g/mol. The van der Waals surface area contributed by atoms with Gasteiger partial charge in [0, 0.05) is 6.54 Å². The molecule has 0 aliphatic carbocycles. The van der Waals surface area contributed by atoms with Crippen LogP contribution in [0.3, 0.4) is 0 Å². The summed E-state index contributed by atoms with van der Waals surface area (Å²) >= 11 is 0. The molecule has 1 aliphatic heterocycles. The number of likely N-dealkylation sites (tertiary alicyclic amines) is 1. The molecule has 21 heavy (non-hydrogen) atoms. The first-order valence-electron chi connectivity index (χ1n) is 7.29. The molecule has 1 saturated heterocycles. The minimum Gasteiger partial charge on any atom is -0.492 e. The first-order chi connectivity index (χ1) is 9.78. The number of rotatable bonds is 4. The maximum Gasteiger partial charge on any atom is 0.419 e. The van der Waals surface area contributed by atoms with Crippen molar-refractivity contribution >= 4 is 0 Å². The molecule has 0 aromatic heterocycles. The zero-order chi connectivity index (χ0) is 15.5. The van der Waals surface area contributed by atoms with E-state index >= 15 is 0 Å². The topological polar surface area (TPSA) is 12.5 Å². The van der Waals surface area contributed by atoms with Gasteiger partial charge in [-0.3, -0.25) is 4.90 Å². The van der Waals surface area contributed by atoms with E-state index in [0.717, 1.165) is 32.0 Å². The Morgan fingerprint density at radius 1 is 1.14 bits per heavy atom. The van der Waals surface area contributed by atoms with Gasteiger partial charge in [-0.2, -0.15) is 13.2 Å². The predicted molar refractivity (Wildman–Crippen MR) is 76.4 cm³/mol. The van der Waals surface area contributed by atoms with Crippen molar-refractivity contribution in [2.24, 2.45) is 5.41 Å². The maximum atomic E-state index is 12.8. The van der Waals surface area contributed by atoms with Gasteiger partial charge in [0.1, 0.15) is 12.4 Å². The molecule has 0 radical (unpaired) electrons. The van der Waals surface area contributed by atoms with E-state index in [1.54, 1.807) is 6.07 Å². The third kappa shape index (κ3) is 4.63. The van der Waals surface area contributed by atoms with E-state index in [2.05, 4.69) is 18.7 Å². The van der Waals surface area contributed by atoms with Gasteiger partial charge >= 0.3 is 6.18 Å². The minimum atomic E-state index is -4.37. The molecule has 0 N–H and O–H groups in total. The number of alkyl halides is 3. The largest absolute Gasteiger partial charge is 0.492 e. The molecule has 0 spiro atoms. The Morgan fingerprint density at radius 3 is 2.38 bits per heavy atom. The van der Waals surface area contributed by atoms with Gasteiger partial charge in [0.05, 0.1) is 5.56 Å². The number of piperidine rings is 1. The number of para-hydroxylation sites is 1. The maximum absolute atomic E-state index is 12.8. The standard InChI is InChI=1S/C16H22F3NO/c1-15(2)7-9-20(10-8-15)11-12-21-14-6-4-3-5-13(14)16(17,18)19/h3-6H,7-12H2,1-2H3. The van der Waals surface area contributed by atoms with Crippen molar-refractivity contribution in [2.45, 2.75) is 32.9 Å². The molecule has 1 heterocycles. The molecule has 5 heteroatoms. The second kappa shape index (κ2) is 6.26. The summed E-state index contributed by atoms with van der Waals surface area (Å²) in [7, 11) is 0. The zero-order valence-electron chi connectivity index (χ0n) is 12.5. The van der Waals surface area contributed by atoms with Crippen molar-refractivity contribution in [1.29, 1.82) is 0 Å². The minimum absolute atomic E-state index is 0.0812. The summed E-state index contributed by atoms with van der Waals surface area (Å²) in [5.41, 5.74) is -0.329. The van der Waals surface area contributed by atoms with Crippen molar-refractivity contribution < 1.29 is 17.9 Å². The van der Waals surface area contributed by atoms with Gasteiger partial charge in [-0.1, -0.05) is 26.0 Å². The van der Waals surface area contributed by atoms with Crippen LogP contribution in [0.1, 0.15) is 32.3 Å². The van der Waals surface area contributed by atoms with Crippen LogP contribution < -0.4 is 4.74 Å². The van der Waals surface area contributed by atoms with Crippen molar-refractivity contribution in [2.75, 3.05) is 26.2 Å². The highest BCUT2D eigenvalue weighted by Crippen LogP contribution is 2.36. The Morgan fingerprint density at radius 2 is 1.76 bits per heavy atom. The summed E-state index contributed by atoms with van der Waals surface area (Å²) in [5.74, 6) is -0.0812. The van der Waals surface area contributed by atoms with Gasteiger partial charge in [0.15, 0.2) is 0 Å². The van der Waals surface area contributed by atoms with Gasteiger partial charge in [0.25, 0.3) is 0 Å². The fourth-order valence-electron chi connectivity index (χ4n) is 2.49. The van der Waals surface area contributed by atoms with Crippen LogP contribution in [-0.2, 0) is 6.18 Å². The molecule has 2 rings (SSSR count). The SMILES string of the molecule is CC1(C)CCN(CCOc2ccccc2C(F)(F)F)CC1. The highest BCUT2D eigenvalue weighted by molar-refractivity contribution is 5.35. The molecule has 1 aromatic carbocycles. The van der Waals surface area contributed by atoms with E-state index in [-0.39, 0.29) is 12.4 Å². The van der Waals surface area contributed by atoms with Crippen LogP contribution in [0.2, 0.25) is 0 Å². The number of ether oxygens (including phenoxy) is 1. The average Bonchev–Trinajstić information content (AvgIpc) is 2.40. The number of halogens is 3. The van der Waals surface area contributed by atoms with Crippen LogP contribution in [0.15, 0.2) is 24.3 Å². The second-order valence-electron chi connectivity index (χ2n) is 6.35. The third-order valence-electron chi connectivity index (χ3n) is 4.07. The highest BCUT2D eigenvalue weighted by atomic mass is 19.4. The number of hydrogen-bond acceptors (Lipinski definition) is 2. The number of benzene rings is 1. The van der Waals surface area contributed by atoms with Gasteiger partial charge in [-0.15, -0.1) is 0 Å². The molecule has 0 saturated carbocycles. The zero-order valence-corrected chi connectivity index (χ0v) is 12.5. The van der Waals surface area contributed by atoms with Crippen LogP contribution in [-0.4, -0.2) is 31.1 Å². The fraction of sp³-hybridized carbons (Fsp3) is 0.625. The smallest absolute Gasteiger partial charge is 0.419 e. The molecule has 2 nitrogen and oxygen atoms in total. The highest BCUT2D eigenvalue weighted by Gasteiger charge is 2.34. The number of nitrogens with zero attached hydrogens (tertiary/aromatic N) is 1. The van der Waals surface area contributed by atoms with E-state index in [9.17, 15) is 13.2 Å². The Labute approximate surface area is 123 Å². The van der Waals surface area contributed by atoms with Crippen molar-refractivity contribution in [3.8, 4) is 5.75 Å². The van der Waals surface area contributed by atoms with Gasteiger partial charge < -0.3 is 4.74 Å². The summed E-state index contributed by atoms with van der Waals surface area (Å²) in [4.78, 5) is 2.25. The Kier molecular flexibility index (Phi) is 4.81. The van der Waals surface area contributed by atoms with E-state index in [1.165, 1.54) is 12.1 Å². The normalized spacial score (nSPS) is 19.5. The molecule has 0 bridgehead atoms. The molecule has 118 valence electrons. The van der Waals surface area contributed by atoms with Crippen molar-refractivity contribution in [3.05, 3.63) is 29.8 Å². The van der Waals surface area contributed by atoms with E-state index in [4.69, 9.17) is 4.74 Å². The van der Waals surface area contributed by atoms with Gasteiger partial charge in [-0.25, -0.2) is 0 Å². The summed E-state index contributed by atoms with van der Waals surface area (Å²) in [5, 5.41) is 0. The van der Waals surface area contributed by atoms with Crippen LogP contribution in [0.4, 0.5) is 13.2 Å². The lowest BCUT2D eigenvalue weighted by atomic mass is 9.83. The third-order valence-corrected chi connectivity index (χ3v) is 4.07. The van der Waals surface area contributed by atoms with Crippen LogP contribution in [0, 0.1) is 5.41 Å². The molecular weight excluding hydrogens is 279 g/mol. The van der Waals surface area contributed by atoms with Crippen LogP contribution in [0.25, 0.3) is 0 Å². The Bertz CT molecular complexity index is 461. The van der Waals surface area contributed by atoms with Gasteiger partial charge in [0.2, 0.25) is 0 Å². The van der Waals surface area contributed by atoms with E-state index in [0.29, 0.717) is 12.0 Å². The molecule has 0 amide bonds. The summed E-state index contributed by atoms with van der Waals surface area (Å²) in [6, 6.07) is 5.37. The molecular formula is C16H22F3NO. The van der Waals surface area contributed by atoms with Crippen molar-refractivity contribution in [3.63, 3.8) is 0 Å². The van der Waals surface area contributed by atoms with E-state index in [1.807, 2.05) is 0 Å². The second-order valence-corrected chi connectivity index (χ2v) is 6.35. The lowest BCUT2D eigenvalue weighted by Crippen LogP contribution is -2.39. The van der Waals surface area contributed by atoms with Crippen LogP contribution >= 0.6 is 0 Å². The Hall–Kier alpha value is -1.23. The van der Waals surface area contributed by atoms with Gasteiger partial charge in [-0.05, 0) is 43.5 Å². The average molecular weight is 301 g/mol. The van der Waals surface area contributed by atoms with Crippen LogP contribution in [0.5, 0.6) is 5.75 Å². The first-order valence-corrected chi connectivity index (χ1v) is 7.29. The molecule has 0 atom stereocenters. The quantitative estimate of drug-likeness (QED) is 0.826. The lowest BCUT2D eigenvalue weighted by molar-refractivity contribution is -0.139. The summed E-state index contributed by atoms with van der Waals surface area (Å²) in [6.07, 6.45) is -2.13. The molecule has 1 aliphatic rings. The summed E-state index contributed by atoms with van der Waals surface area (Å²) < 4.78 is 43.8.